The van der Waals surface area contributed by atoms with Gasteiger partial charge in [-0.3, -0.25) is 0 Å². The lowest BCUT2D eigenvalue weighted by Gasteiger charge is -2.42. The molecule has 0 aromatic heterocycles. The minimum absolute atomic E-state index is 0.0835. The Balaban J connectivity index is 1.43. The molecule has 0 spiro atoms. The molecule has 4 unspecified atom stereocenters. The van der Waals surface area contributed by atoms with Gasteiger partial charge in [0.2, 0.25) is 5.82 Å². The molecule has 2 saturated carbocycles. The Morgan fingerprint density at radius 2 is 1.76 bits per heavy atom. The van der Waals surface area contributed by atoms with Crippen LogP contribution in [-0.4, -0.2) is 7.11 Å². The summed E-state index contributed by atoms with van der Waals surface area (Å²) in [5.74, 6) is 5.33. The SMILES string of the molecule is C=CCCC1CCC2CC(c3ccc(C#Cc4ccc(OC)c(F)c4F)cc3F)CCC2C1. The van der Waals surface area contributed by atoms with Crippen molar-refractivity contribution in [1.82, 2.24) is 0 Å². The maximum atomic E-state index is 15.0. The first-order chi connectivity index (χ1) is 16.0. The van der Waals surface area contributed by atoms with Crippen LogP contribution in [0.1, 0.15) is 74.0 Å². The van der Waals surface area contributed by atoms with E-state index < -0.39 is 11.6 Å². The van der Waals surface area contributed by atoms with Crippen LogP contribution in [0.4, 0.5) is 13.2 Å². The molecular weight excluding hydrogens is 421 g/mol. The lowest BCUT2D eigenvalue weighted by atomic mass is 9.63. The summed E-state index contributed by atoms with van der Waals surface area (Å²) in [6.45, 7) is 3.84. The van der Waals surface area contributed by atoms with Gasteiger partial charge in [0.05, 0.1) is 12.7 Å². The van der Waals surface area contributed by atoms with E-state index >= 15 is 4.39 Å². The second-order valence-electron chi connectivity index (χ2n) is 9.50. The molecule has 2 aliphatic rings. The molecule has 0 aliphatic heterocycles. The fourth-order valence-electron chi connectivity index (χ4n) is 5.75. The van der Waals surface area contributed by atoms with Crippen molar-refractivity contribution >= 4 is 0 Å². The average molecular weight is 453 g/mol. The molecule has 4 heteroatoms. The van der Waals surface area contributed by atoms with E-state index in [0.717, 1.165) is 36.7 Å². The molecule has 0 amide bonds. The molecule has 2 aliphatic carbocycles. The van der Waals surface area contributed by atoms with E-state index in [9.17, 15) is 8.78 Å². The Labute approximate surface area is 195 Å². The zero-order valence-corrected chi connectivity index (χ0v) is 19.2. The molecule has 0 heterocycles. The zero-order valence-electron chi connectivity index (χ0n) is 19.2. The van der Waals surface area contributed by atoms with Crippen molar-refractivity contribution in [3.8, 4) is 17.6 Å². The lowest BCUT2D eigenvalue weighted by Crippen LogP contribution is -2.30. The summed E-state index contributed by atoms with van der Waals surface area (Å²) in [5.41, 5.74) is 1.12. The molecule has 174 valence electrons. The highest BCUT2D eigenvalue weighted by Crippen LogP contribution is 2.48. The van der Waals surface area contributed by atoms with Gasteiger partial charge in [-0.05, 0) is 98.4 Å². The van der Waals surface area contributed by atoms with Crippen LogP contribution in [0.2, 0.25) is 0 Å². The molecule has 0 radical (unpaired) electrons. The summed E-state index contributed by atoms with van der Waals surface area (Å²) in [5, 5.41) is 0. The van der Waals surface area contributed by atoms with E-state index in [-0.39, 0.29) is 23.0 Å². The first-order valence-corrected chi connectivity index (χ1v) is 11.9. The standard InChI is InChI=1S/C29H31F3O/c1-3-4-5-19-7-10-23-18-24(12-11-22(23)16-19)25-14-8-20(17-26(25)30)6-9-21-13-15-27(33-2)29(32)28(21)31/h3,8,13-15,17,19,22-24H,1,4-5,7,10-12,16,18H2,2H3. The largest absolute Gasteiger partial charge is 0.494 e. The summed E-state index contributed by atoms with van der Waals surface area (Å²) in [7, 11) is 1.27. The Morgan fingerprint density at radius 1 is 0.970 bits per heavy atom. The number of fused-ring (bicyclic) bond motifs is 1. The van der Waals surface area contributed by atoms with E-state index in [1.54, 1.807) is 6.07 Å². The highest BCUT2D eigenvalue weighted by atomic mass is 19.2. The van der Waals surface area contributed by atoms with Gasteiger partial charge in [-0.25, -0.2) is 8.78 Å². The Morgan fingerprint density at radius 3 is 2.52 bits per heavy atom. The fourth-order valence-corrected chi connectivity index (χ4v) is 5.75. The summed E-state index contributed by atoms with van der Waals surface area (Å²) in [6.07, 6.45) is 11.5. The van der Waals surface area contributed by atoms with Gasteiger partial charge in [0.1, 0.15) is 5.82 Å². The Bertz CT molecular complexity index is 1060. The van der Waals surface area contributed by atoms with Crippen molar-refractivity contribution in [2.45, 2.75) is 57.3 Å². The van der Waals surface area contributed by atoms with Crippen LogP contribution < -0.4 is 4.74 Å². The van der Waals surface area contributed by atoms with Gasteiger partial charge in [-0.15, -0.1) is 6.58 Å². The van der Waals surface area contributed by atoms with E-state index in [4.69, 9.17) is 4.74 Å². The van der Waals surface area contributed by atoms with Crippen LogP contribution in [0, 0.1) is 47.0 Å². The summed E-state index contributed by atoms with van der Waals surface area (Å²) >= 11 is 0. The van der Waals surface area contributed by atoms with Crippen molar-refractivity contribution in [3.05, 3.63) is 77.1 Å². The number of halogens is 3. The van der Waals surface area contributed by atoms with Crippen molar-refractivity contribution in [3.63, 3.8) is 0 Å². The Kier molecular flexibility index (Phi) is 7.48. The first-order valence-electron chi connectivity index (χ1n) is 11.9. The molecule has 2 aromatic carbocycles. The third kappa shape index (κ3) is 5.29. The van der Waals surface area contributed by atoms with Crippen molar-refractivity contribution in [2.24, 2.45) is 17.8 Å². The smallest absolute Gasteiger partial charge is 0.201 e. The number of methoxy groups -OCH3 is 1. The molecule has 33 heavy (non-hydrogen) atoms. The molecule has 1 nitrogen and oxygen atoms in total. The maximum Gasteiger partial charge on any atom is 0.201 e. The normalized spacial score (nSPS) is 24.4. The Hall–Kier alpha value is -2.67. The van der Waals surface area contributed by atoms with Gasteiger partial charge in [0, 0.05) is 5.56 Å². The molecule has 0 bridgehead atoms. The first kappa shape index (κ1) is 23.5. The highest BCUT2D eigenvalue weighted by molar-refractivity contribution is 5.46. The molecular formula is C29H31F3O. The van der Waals surface area contributed by atoms with Crippen LogP contribution in [0.3, 0.4) is 0 Å². The zero-order chi connectivity index (χ0) is 23.4. The van der Waals surface area contributed by atoms with Crippen molar-refractivity contribution in [1.29, 1.82) is 0 Å². The average Bonchev–Trinajstić information content (AvgIpc) is 2.83. The second kappa shape index (κ2) is 10.5. The predicted molar refractivity (Wildman–Crippen MR) is 126 cm³/mol. The molecule has 2 aromatic rings. The van der Waals surface area contributed by atoms with Gasteiger partial charge < -0.3 is 4.74 Å². The van der Waals surface area contributed by atoms with E-state index in [0.29, 0.717) is 11.5 Å². The summed E-state index contributed by atoms with van der Waals surface area (Å²) in [6, 6.07) is 7.71. The van der Waals surface area contributed by atoms with Crippen LogP contribution in [0.5, 0.6) is 5.75 Å². The number of rotatable bonds is 5. The number of benzene rings is 2. The van der Waals surface area contributed by atoms with Gasteiger partial charge in [-0.1, -0.05) is 30.4 Å². The number of ether oxygens (including phenoxy) is 1. The van der Waals surface area contributed by atoms with Crippen molar-refractivity contribution < 1.29 is 17.9 Å². The number of hydrogen-bond acceptors (Lipinski definition) is 1. The highest BCUT2D eigenvalue weighted by Gasteiger charge is 2.36. The maximum absolute atomic E-state index is 15.0. The summed E-state index contributed by atoms with van der Waals surface area (Å²) in [4.78, 5) is 0. The number of allylic oxidation sites excluding steroid dienone is 1. The van der Waals surface area contributed by atoms with E-state index in [1.165, 1.54) is 57.4 Å². The fraction of sp³-hybridized carbons (Fsp3) is 0.448. The van der Waals surface area contributed by atoms with Gasteiger partial charge >= 0.3 is 0 Å². The molecule has 4 atom stereocenters. The minimum atomic E-state index is -1.07. The van der Waals surface area contributed by atoms with E-state index in [1.807, 2.05) is 12.1 Å². The molecule has 0 saturated heterocycles. The van der Waals surface area contributed by atoms with Gasteiger partial charge in [0.15, 0.2) is 11.6 Å². The molecule has 2 fully saturated rings. The predicted octanol–water partition coefficient (Wildman–Crippen LogP) is 7.78. The summed E-state index contributed by atoms with van der Waals surface area (Å²) < 4.78 is 47.8. The molecule has 0 N–H and O–H groups in total. The van der Waals surface area contributed by atoms with Crippen molar-refractivity contribution in [2.75, 3.05) is 7.11 Å². The lowest BCUT2D eigenvalue weighted by molar-refractivity contribution is 0.114. The third-order valence-electron chi connectivity index (χ3n) is 7.55. The minimum Gasteiger partial charge on any atom is -0.494 e. The van der Waals surface area contributed by atoms with Crippen LogP contribution >= 0.6 is 0 Å². The number of hydrogen-bond donors (Lipinski definition) is 0. The topological polar surface area (TPSA) is 9.23 Å². The second-order valence-corrected chi connectivity index (χ2v) is 9.50. The van der Waals surface area contributed by atoms with Crippen LogP contribution in [0.15, 0.2) is 43.0 Å². The quantitative estimate of drug-likeness (QED) is 0.332. The molecule has 4 rings (SSSR count). The van der Waals surface area contributed by atoms with Gasteiger partial charge in [-0.2, -0.15) is 4.39 Å². The third-order valence-corrected chi connectivity index (χ3v) is 7.55. The van der Waals surface area contributed by atoms with Gasteiger partial charge in [0.25, 0.3) is 0 Å². The van der Waals surface area contributed by atoms with Crippen LogP contribution in [-0.2, 0) is 0 Å². The van der Waals surface area contributed by atoms with Crippen LogP contribution in [0.25, 0.3) is 0 Å². The monoisotopic (exact) mass is 452 g/mol. The van der Waals surface area contributed by atoms with E-state index in [2.05, 4.69) is 18.4 Å².